The fraction of sp³-hybridized carbons (Fsp3) is 0.946. The third-order valence-corrected chi connectivity index (χ3v) is 14.6. The van der Waals surface area contributed by atoms with E-state index in [1.165, 1.54) is 82.4 Å². The molecule has 0 bridgehead atoms. The Hall–Kier alpha value is -0.150. The molecule has 0 unspecified atom stereocenters. The van der Waals surface area contributed by atoms with Gasteiger partial charge in [-0.15, -0.1) is 11.8 Å². The zero-order valence-electron chi connectivity index (χ0n) is 28.3. The highest BCUT2D eigenvalue weighted by atomic mass is 32.2. The van der Waals surface area contributed by atoms with Crippen LogP contribution in [0.1, 0.15) is 112 Å². The molecule has 1 heterocycles. The van der Waals surface area contributed by atoms with E-state index in [0.717, 1.165) is 48.5 Å². The van der Waals surface area contributed by atoms with Gasteiger partial charge in [0.15, 0.2) is 0 Å². The number of fused-ring (bicyclic) bond motifs is 5. The zero-order chi connectivity index (χ0) is 31.6. The standard InChI is InChI=1S/C37H64O6S/c1-23(2)7-6-8-24(3)28-11-12-29-27-10-9-26-21-25(13-16-36(26,4)30(27)14-17-37(28,29)5)15-18-42-19-20-44-35-34(41)33(40)32(39)31(22-38)43-35/h9,23-25,27-35,38-41H,6-8,10-22H2,1-5H3/t24-,25+,27+,28-,29+,30+,31-,32+,33+,34-,35+,36+,37-/m1/s1. The highest BCUT2D eigenvalue weighted by molar-refractivity contribution is 7.99. The Morgan fingerprint density at radius 2 is 1.75 bits per heavy atom. The fourth-order valence-electron chi connectivity index (χ4n) is 10.8. The van der Waals surface area contributed by atoms with Gasteiger partial charge in [0.1, 0.15) is 29.9 Å². The lowest BCUT2D eigenvalue weighted by molar-refractivity contribution is -0.205. The Kier molecular flexibility index (Phi) is 11.9. The van der Waals surface area contributed by atoms with Gasteiger partial charge in [-0.2, -0.15) is 0 Å². The summed E-state index contributed by atoms with van der Waals surface area (Å²) < 4.78 is 11.6. The summed E-state index contributed by atoms with van der Waals surface area (Å²) in [6.45, 7) is 13.5. The molecule has 0 radical (unpaired) electrons. The average molecular weight is 637 g/mol. The second kappa shape index (κ2) is 15.0. The van der Waals surface area contributed by atoms with Crippen molar-refractivity contribution >= 4 is 11.8 Å². The van der Waals surface area contributed by atoms with Crippen molar-refractivity contribution in [3.05, 3.63) is 11.6 Å². The van der Waals surface area contributed by atoms with Crippen molar-refractivity contribution < 1.29 is 29.9 Å². The molecular formula is C37H64O6S. The fourth-order valence-corrected chi connectivity index (χ4v) is 11.8. The molecule has 3 saturated carbocycles. The van der Waals surface area contributed by atoms with E-state index in [4.69, 9.17) is 9.47 Å². The maximum Gasteiger partial charge on any atom is 0.132 e. The molecule has 6 nitrogen and oxygen atoms in total. The third kappa shape index (κ3) is 7.15. The molecule has 5 rings (SSSR count). The normalized spacial score (nSPS) is 44.5. The molecule has 4 fully saturated rings. The van der Waals surface area contributed by atoms with Gasteiger partial charge in [-0.05, 0) is 110 Å². The maximum atomic E-state index is 10.2. The van der Waals surface area contributed by atoms with E-state index >= 15 is 0 Å². The molecular weight excluding hydrogens is 572 g/mol. The second-order valence-electron chi connectivity index (χ2n) is 16.4. The van der Waals surface area contributed by atoms with E-state index in [1.54, 1.807) is 5.57 Å². The number of hydrogen-bond acceptors (Lipinski definition) is 7. The SMILES string of the molecule is CC(C)CCC[C@@H](C)[C@H]1CC[C@H]2[C@@H]3CC=C4C[C@H](CCOCCS[C@@H]5O[C@H](CO)[C@H](O)[C@H](O)[C@H]5O)CC[C@]4(C)[C@H]3CC[C@]12C. The Balaban J connectivity index is 1.07. The van der Waals surface area contributed by atoms with Crippen LogP contribution in [-0.2, 0) is 9.47 Å². The van der Waals surface area contributed by atoms with E-state index in [-0.39, 0.29) is 0 Å². The third-order valence-electron chi connectivity index (χ3n) is 13.4. The average Bonchev–Trinajstić information content (AvgIpc) is 3.35. The topological polar surface area (TPSA) is 99.4 Å². The van der Waals surface area contributed by atoms with Gasteiger partial charge >= 0.3 is 0 Å². The minimum Gasteiger partial charge on any atom is -0.394 e. The van der Waals surface area contributed by atoms with Gasteiger partial charge in [0.25, 0.3) is 0 Å². The summed E-state index contributed by atoms with van der Waals surface area (Å²) in [6.07, 6.45) is 14.3. The van der Waals surface area contributed by atoms with E-state index in [1.807, 2.05) is 0 Å². The maximum absolute atomic E-state index is 10.2. The number of ether oxygens (including phenoxy) is 2. The minimum atomic E-state index is -1.32. The van der Waals surface area contributed by atoms with Crippen molar-refractivity contribution in [2.24, 2.45) is 52.3 Å². The molecule has 0 spiro atoms. The van der Waals surface area contributed by atoms with Crippen LogP contribution in [0.3, 0.4) is 0 Å². The predicted molar refractivity (Wildman–Crippen MR) is 178 cm³/mol. The lowest BCUT2D eigenvalue weighted by Gasteiger charge is -2.58. The first-order valence-corrected chi connectivity index (χ1v) is 19.2. The molecule has 0 aromatic rings. The van der Waals surface area contributed by atoms with Crippen molar-refractivity contribution in [2.45, 2.75) is 142 Å². The Morgan fingerprint density at radius 1 is 0.955 bits per heavy atom. The molecule has 0 aromatic carbocycles. The van der Waals surface area contributed by atoms with Crippen LogP contribution in [0.5, 0.6) is 0 Å². The van der Waals surface area contributed by atoms with Gasteiger partial charge in [0.05, 0.1) is 13.2 Å². The van der Waals surface area contributed by atoms with E-state index in [2.05, 4.69) is 40.7 Å². The molecule has 44 heavy (non-hydrogen) atoms. The molecule has 0 amide bonds. The van der Waals surface area contributed by atoms with Crippen LogP contribution in [0.25, 0.3) is 0 Å². The van der Waals surface area contributed by atoms with Crippen molar-refractivity contribution in [1.29, 1.82) is 0 Å². The summed E-state index contributed by atoms with van der Waals surface area (Å²) in [6, 6.07) is 0. The summed E-state index contributed by atoms with van der Waals surface area (Å²) >= 11 is 1.36. The monoisotopic (exact) mass is 636 g/mol. The first-order valence-electron chi connectivity index (χ1n) is 18.2. The number of aliphatic hydroxyl groups is 4. The van der Waals surface area contributed by atoms with E-state index in [9.17, 15) is 20.4 Å². The molecule has 0 aromatic heterocycles. The second-order valence-corrected chi connectivity index (χ2v) is 17.6. The van der Waals surface area contributed by atoms with Crippen molar-refractivity contribution in [1.82, 2.24) is 0 Å². The quantitative estimate of drug-likeness (QED) is 0.134. The molecule has 4 aliphatic carbocycles. The summed E-state index contributed by atoms with van der Waals surface area (Å²) in [5.74, 6) is 6.61. The number of aliphatic hydroxyl groups excluding tert-OH is 4. The first-order chi connectivity index (χ1) is 21.0. The summed E-state index contributed by atoms with van der Waals surface area (Å²) in [4.78, 5) is 0. The Labute approximate surface area is 272 Å². The van der Waals surface area contributed by atoms with Crippen molar-refractivity contribution in [3.63, 3.8) is 0 Å². The molecule has 1 saturated heterocycles. The highest BCUT2D eigenvalue weighted by Crippen LogP contribution is 2.67. The van der Waals surface area contributed by atoms with Gasteiger partial charge in [-0.25, -0.2) is 0 Å². The van der Waals surface area contributed by atoms with Gasteiger partial charge < -0.3 is 29.9 Å². The van der Waals surface area contributed by atoms with Crippen LogP contribution in [-0.4, -0.2) is 75.9 Å². The van der Waals surface area contributed by atoms with Gasteiger partial charge in [-0.1, -0.05) is 65.5 Å². The molecule has 254 valence electrons. The summed E-state index contributed by atoms with van der Waals surface area (Å²) in [7, 11) is 0. The molecule has 1 aliphatic heterocycles. The lowest BCUT2D eigenvalue weighted by Crippen LogP contribution is -2.57. The number of allylic oxidation sites excluding steroid dienone is 2. The van der Waals surface area contributed by atoms with Crippen LogP contribution in [0.4, 0.5) is 0 Å². The Morgan fingerprint density at radius 3 is 2.50 bits per heavy atom. The largest absolute Gasteiger partial charge is 0.394 e. The minimum absolute atomic E-state index is 0.393. The van der Waals surface area contributed by atoms with Crippen molar-refractivity contribution in [3.8, 4) is 0 Å². The summed E-state index contributed by atoms with van der Waals surface area (Å²) in [5.41, 5.74) is 2.02. The first kappa shape index (κ1) is 35.2. The number of rotatable bonds is 13. The van der Waals surface area contributed by atoms with Crippen LogP contribution in [0.2, 0.25) is 0 Å². The van der Waals surface area contributed by atoms with Crippen LogP contribution >= 0.6 is 11.8 Å². The van der Waals surface area contributed by atoms with Crippen molar-refractivity contribution in [2.75, 3.05) is 25.6 Å². The van der Waals surface area contributed by atoms with Crippen LogP contribution < -0.4 is 0 Å². The smallest absolute Gasteiger partial charge is 0.132 e. The molecule has 4 N–H and O–H groups in total. The highest BCUT2D eigenvalue weighted by Gasteiger charge is 2.59. The molecule has 5 aliphatic rings. The number of thioether (sulfide) groups is 1. The van der Waals surface area contributed by atoms with Gasteiger partial charge in [0.2, 0.25) is 0 Å². The van der Waals surface area contributed by atoms with E-state index in [0.29, 0.717) is 29.1 Å². The molecule has 13 atom stereocenters. The van der Waals surface area contributed by atoms with Crippen LogP contribution in [0.15, 0.2) is 11.6 Å². The Bertz CT molecular complexity index is 956. The van der Waals surface area contributed by atoms with Gasteiger partial charge in [0, 0.05) is 12.4 Å². The predicted octanol–water partition coefficient (Wildman–Crippen LogP) is 6.58. The lowest BCUT2D eigenvalue weighted by atomic mass is 9.46. The molecule has 7 heteroatoms. The van der Waals surface area contributed by atoms with Gasteiger partial charge in [-0.3, -0.25) is 0 Å². The zero-order valence-corrected chi connectivity index (χ0v) is 29.1. The number of hydrogen-bond donors (Lipinski definition) is 4. The van der Waals surface area contributed by atoms with E-state index < -0.39 is 36.5 Å². The van der Waals surface area contributed by atoms with Crippen LogP contribution in [0, 0.1) is 52.3 Å². The summed E-state index contributed by atoms with van der Waals surface area (Å²) in [5, 5.41) is 39.6.